The molecule has 1 fully saturated rings. The Hall–Kier alpha value is -3.69. The van der Waals surface area contributed by atoms with Crippen LogP contribution in [0.15, 0.2) is 71.6 Å². The molecule has 0 unspecified atom stereocenters. The lowest BCUT2D eigenvalue weighted by Gasteiger charge is -2.27. The molecule has 1 atom stereocenters. The quantitative estimate of drug-likeness (QED) is 0.393. The summed E-state index contributed by atoms with van der Waals surface area (Å²) in [5.74, 6) is 0.718. The molecule has 1 saturated heterocycles. The second-order valence-corrected chi connectivity index (χ2v) is 10.2. The normalized spacial score (nSPS) is 18.3. The number of nitrogens with two attached hydrogens (primary N) is 1. The zero-order valence-corrected chi connectivity index (χ0v) is 19.4. The molecule has 4 N–H and O–H groups in total. The van der Waals surface area contributed by atoms with Gasteiger partial charge in [-0.05, 0) is 71.3 Å². The summed E-state index contributed by atoms with van der Waals surface area (Å²) in [5.41, 5.74) is 6.02. The van der Waals surface area contributed by atoms with Crippen LogP contribution in [0.3, 0.4) is 0 Å². The molecule has 8 nitrogen and oxygen atoms in total. The Morgan fingerprint density at radius 3 is 2.59 bits per heavy atom. The number of rotatable bonds is 6. The van der Waals surface area contributed by atoms with Gasteiger partial charge in [0.15, 0.2) is 0 Å². The molecule has 9 heteroatoms. The number of amides is 1. The highest BCUT2D eigenvalue weighted by atomic mass is 32.2. The van der Waals surface area contributed by atoms with Crippen LogP contribution in [0.4, 0.5) is 5.82 Å². The maximum atomic E-state index is 13.4. The number of hydrogen-bond acceptors (Lipinski definition) is 6. The van der Waals surface area contributed by atoms with Crippen LogP contribution in [0.1, 0.15) is 12.0 Å². The number of benzene rings is 3. The van der Waals surface area contributed by atoms with Crippen molar-refractivity contribution >= 4 is 43.4 Å². The highest BCUT2D eigenvalue weighted by Crippen LogP contribution is 2.29. The number of carbonyl (C=O) groups is 1. The fraction of sp³-hybridized carbons (Fsp3) is 0.200. The van der Waals surface area contributed by atoms with Crippen LogP contribution in [0.25, 0.3) is 21.7 Å². The molecule has 1 aliphatic rings. The standard InChI is InChI=1S/C25H24N4O4S/c1-33-20-6-3-17-4-7-21(14-19(17)13-20)34(31,32)29-25(10-11-27-24(25)30)15-16-2-8-22-18(12-16)5-9-23(26)28-22/h2-9,12-14,29H,10-11,15H2,1H3,(H2,26,28)(H,27,30)/t25-/m1/s1. The third kappa shape index (κ3) is 4.04. The van der Waals surface area contributed by atoms with Crippen molar-refractivity contribution in [3.05, 3.63) is 72.3 Å². The molecular formula is C25H24N4O4S. The molecule has 3 aromatic carbocycles. The van der Waals surface area contributed by atoms with Crippen molar-refractivity contribution in [3.8, 4) is 5.75 Å². The molecule has 0 aliphatic carbocycles. The van der Waals surface area contributed by atoms with E-state index in [-0.39, 0.29) is 17.2 Å². The van der Waals surface area contributed by atoms with E-state index < -0.39 is 15.6 Å². The number of hydrogen-bond donors (Lipinski definition) is 3. The summed E-state index contributed by atoms with van der Waals surface area (Å²) in [4.78, 5) is 17.3. The average molecular weight is 477 g/mol. The predicted molar refractivity (Wildman–Crippen MR) is 131 cm³/mol. The van der Waals surface area contributed by atoms with Crippen LogP contribution in [0, 0.1) is 0 Å². The molecule has 4 aromatic rings. The lowest BCUT2D eigenvalue weighted by molar-refractivity contribution is -0.124. The molecule has 5 rings (SSSR count). The Bertz CT molecular complexity index is 1540. The van der Waals surface area contributed by atoms with Crippen molar-refractivity contribution in [3.63, 3.8) is 0 Å². The Morgan fingerprint density at radius 1 is 1.03 bits per heavy atom. The monoisotopic (exact) mass is 476 g/mol. The molecule has 34 heavy (non-hydrogen) atoms. The van der Waals surface area contributed by atoms with Gasteiger partial charge < -0.3 is 15.8 Å². The number of anilines is 1. The molecule has 0 saturated carbocycles. The van der Waals surface area contributed by atoms with E-state index in [4.69, 9.17) is 10.5 Å². The SMILES string of the molecule is COc1ccc2ccc(S(=O)(=O)N[C@@]3(Cc4ccc5nc(N)ccc5c4)CCNC3=O)cc2c1. The van der Waals surface area contributed by atoms with Gasteiger partial charge in [0, 0.05) is 18.4 Å². The van der Waals surface area contributed by atoms with Crippen molar-refractivity contribution in [1.29, 1.82) is 0 Å². The summed E-state index contributed by atoms with van der Waals surface area (Å²) in [5, 5.41) is 5.27. The summed E-state index contributed by atoms with van der Waals surface area (Å²) in [7, 11) is -2.44. The second-order valence-electron chi connectivity index (χ2n) is 8.51. The van der Waals surface area contributed by atoms with Crippen LogP contribution in [0.2, 0.25) is 0 Å². The topological polar surface area (TPSA) is 123 Å². The Labute approximate surface area is 197 Å². The van der Waals surface area contributed by atoms with E-state index in [1.54, 1.807) is 37.4 Å². The molecule has 174 valence electrons. The van der Waals surface area contributed by atoms with Crippen LogP contribution >= 0.6 is 0 Å². The first-order chi connectivity index (χ1) is 16.3. The number of aromatic nitrogens is 1. The van der Waals surface area contributed by atoms with E-state index in [9.17, 15) is 13.2 Å². The Kier molecular flexibility index (Phi) is 5.38. The van der Waals surface area contributed by atoms with Gasteiger partial charge in [-0.3, -0.25) is 4.79 Å². The van der Waals surface area contributed by atoms with E-state index in [2.05, 4.69) is 15.0 Å². The lowest BCUT2D eigenvalue weighted by Crippen LogP contribution is -2.55. The molecular weight excluding hydrogens is 452 g/mol. The number of carbonyl (C=O) groups excluding carboxylic acids is 1. The van der Waals surface area contributed by atoms with Gasteiger partial charge in [-0.2, -0.15) is 4.72 Å². The summed E-state index contributed by atoms with van der Waals surface area (Å²) in [6.45, 7) is 0.391. The lowest BCUT2D eigenvalue weighted by atomic mass is 9.90. The van der Waals surface area contributed by atoms with Crippen LogP contribution in [-0.2, 0) is 21.2 Å². The molecule has 1 aromatic heterocycles. The van der Waals surface area contributed by atoms with E-state index in [0.717, 1.165) is 27.2 Å². The molecule has 0 spiro atoms. The first kappa shape index (κ1) is 22.1. The largest absolute Gasteiger partial charge is 0.497 e. The maximum absolute atomic E-state index is 13.4. The third-order valence-corrected chi connectivity index (χ3v) is 7.75. The van der Waals surface area contributed by atoms with Gasteiger partial charge in [0.05, 0.1) is 17.5 Å². The molecule has 1 amide bonds. The van der Waals surface area contributed by atoms with Crippen molar-refractivity contribution in [2.45, 2.75) is 23.3 Å². The number of nitrogens with one attached hydrogen (secondary N) is 2. The van der Waals surface area contributed by atoms with Crippen molar-refractivity contribution < 1.29 is 17.9 Å². The summed E-state index contributed by atoms with van der Waals surface area (Å²) in [6.07, 6.45) is 0.546. The van der Waals surface area contributed by atoms with Crippen LogP contribution in [0.5, 0.6) is 5.75 Å². The minimum atomic E-state index is -3.99. The van der Waals surface area contributed by atoms with Gasteiger partial charge in [0.1, 0.15) is 17.1 Å². The van der Waals surface area contributed by atoms with E-state index in [1.165, 1.54) is 0 Å². The van der Waals surface area contributed by atoms with E-state index in [1.807, 2.05) is 36.4 Å². The first-order valence-electron chi connectivity index (χ1n) is 10.8. The van der Waals surface area contributed by atoms with Gasteiger partial charge in [-0.25, -0.2) is 13.4 Å². The highest BCUT2D eigenvalue weighted by molar-refractivity contribution is 7.89. The zero-order valence-electron chi connectivity index (χ0n) is 18.5. The average Bonchev–Trinajstić information content (AvgIpc) is 3.16. The van der Waals surface area contributed by atoms with E-state index >= 15 is 0 Å². The molecule has 2 heterocycles. The van der Waals surface area contributed by atoms with Gasteiger partial charge >= 0.3 is 0 Å². The summed E-state index contributed by atoms with van der Waals surface area (Å²) >= 11 is 0. The maximum Gasteiger partial charge on any atom is 0.241 e. The number of nitrogens with zero attached hydrogens (tertiary/aromatic N) is 1. The second kappa shape index (κ2) is 8.27. The number of sulfonamides is 1. The van der Waals surface area contributed by atoms with Gasteiger partial charge in [-0.15, -0.1) is 0 Å². The Balaban J connectivity index is 1.49. The van der Waals surface area contributed by atoms with Crippen LogP contribution < -0.4 is 20.5 Å². The van der Waals surface area contributed by atoms with Crippen molar-refractivity contribution in [2.75, 3.05) is 19.4 Å². The van der Waals surface area contributed by atoms with Gasteiger partial charge in [-0.1, -0.05) is 18.2 Å². The number of fused-ring (bicyclic) bond motifs is 2. The van der Waals surface area contributed by atoms with Crippen molar-refractivity contribution in [1.82, 2.24) is 15.0 Å². The van der Waals surface area contributed by atoms with E-state index in [0.29, 0.717) is 24.5 Å². The molecule has 1 aliphatic heterocycles. The number of pyridine rings is 1. The highest BCUT2D eigenvalue weighted by Gasteiger charge is 2.45. The smallest absolute Gasteiger partial charge is 0.241 e. The molecule has 0 bridgehead atoms. The minimum absolute atomic E-state index is 0.0884. The summed E-state index contributed by atoms with van der Waals surface area (Å²) < 4.78 is 34.8. The fourth-order valence-electron chi connectivity index (χ4n) is 4.44. The number of nitrogen functional groups attached to an aromatic ring is 1. The van der Waals surface area contributed by atoms with Gasteiger partial charge in [0.25, 0.3) is 0 Å². The first-order valence-corrected chi connectivity index (χ1v) is 12.3. The predicted octanol–water partition coefficient (Wildman–Crippen LogP) is 2.76. The summed E-state index contributed by atoms with van der Waals surface area (Å²) in [6, 6.07) is 19.5. The van der Waals surface area contributed by atoms with Crippen LogP contribution in [-0.4, -0.2) is 38.5 Å². The number of ether oxygens (including phenoxy) is 1. The van der Waals surface area contributed by atoms with Gasteiger partial charge in [0.2, 0.25) is 15.9 Å². The zero-order chi connectivity index (χ0) is 23.9. The minimum Gasteiger partial charge on any atom is -0.497 e. The molecule has 0 radical (unpaired) electrons. The number of methoxy groups -OCH3 is 1. The van der Waals surface area contributed by atoms with Crippen molar-refractivity contribution in [2.24, 2.45) is 0 Å². The Morgan fingerprint density at radius 2 is 1.82 bits per heavy atom. The fourth-order valence-corrected chi connectivity index (χ4v) is 5.87. The third-order valence-electron chi connectivity index (χ3n) is 6.21.